The SMILES string of the molecule is COC(=O)C(OC)C(=O)OC(C)(C)C. The first kappa shape index (κ1) is 12.9. The van der Waals surface area contributed by atoms with Crippen LogP contribution in [0.1, 0.15) is 20.8 Å². The van der Waals surface area contributed by atoms with Gasteiger partial charge in [-0.05, 0) is 20.8 Å². The molecule has 14 heavy (non-hydrogen) atoms. The third kappa shape index (κ3) is 4.23. The highest BCUT2D eigenvalue weighted by atomic mass is 16.6. The fourth-order valence-corrected chi connectivity index (χ4v) is 0.751. The minimum Gasteiger partial charge on any atom is -0.467 e. The van der Waals surface area contributed by atoms with Crippen LogP contribution in [0.25, 0.3) is 0 Å². The van der Waals surface area contributed by atoms with Crippen molar-refractivity contribution in [3.8, 4) is 0 Å². The molecule has 0 amide bonds. The van der Waals surface area contributed by atoms with E-state index in [2.05, 4.69) is 9.47 Å². The van der Waals surface area contributed by atoms with Gasteiger partial charge in [-0.25, -0.2) is 9.59 Å². The molecule has 0 fully saturated rings. The second-order valence-corrected chi connectivity index (χ2v) is 3.67. The molecular weight excluding hydrogens is 188 g/mol. The quantitative estimate of drug-likeness (QED) is 0.495. The van der Waals surface area contributed by atoms with Crippen molar-refractivity contribution in [2.45, 2.75) is 32.5 Å². The van der Waals surface area contributed by atoms with Crippen molar-refractivity contribution in [2.24, 2.45) is 0 Å². The second kappa shape index (κ2) is 4.95. The molecule has 0 aliphatic rings. The van der Waals surface area contributed by atoms with Gasteiger partial charge in [0, 0.05) is 7.11 Å². The van der Waals surface area contributed by atoms with Crippen LogP contribution in [0.15, 0.2) is 0 Å². The number of ether oxygens (including phenoxy) is 3. The van der Waals surface area contributed by atoms with Gasteiger partial charge in [0.15, 0.2) is 0 Å². The average Bonchev–Trinajstić information content (AvgIpc) is 2.01. The van der Waals surface area contributed by atoms with Crippen LogP contribution in [-0.2, 0) is 23.8 Å². The summed E-state index contributed by atoms with van der Waals surface area (Å²) in [6.45, 7) is 5.11. The van der Waals surface area contributed by atoms with Crippen LogP contribution < -0.4 is 0 Å². The van der Waals surface area contributed by atoms with Crippen LogP contribution in [0.2, 0.25) is 0 Å². The van der Waals surface area contributed by atoms with E-state index in [0.717, 1.165) is 0 Å². The molecule has 1 atom stereocenters. The number of carbonyl (C=O) groups excluding carboxylic acids is 2. The summed E-state index contributed by atoms with van der Waals surface area (Å²) in [6, 6.07) is 0. The first-order chi connectivity index (χ1) is 6.31. The monoisotopic (exact) mass is 204 g/mol. The van der Waals surface area contributed by atoms with Gasteiger partial charge in [0.1, 0.15) is 5.60 Å². The number of hydrogen-bond donors (Lipinski definition) is 0. The molecule has 1 unspecified atom stereocenters. The summed E-state index contributed by atoms with van der Waals surface area (Å²) < 4.78 is 14.0. The van der Waals surface area contributed by atoms with E-state index >= 15 is 0 Å². The fraction of sp³-hybridized carbons (Fsp3) is 0.778. The third-order valence-electron chi connectivity index (χ3n) is 1.27. The summed E-state index contributed by atoms with van der Waals surface area (Å²) in [6.07, 6.45) is -1.31. The van der Waals surface area contributed by atoms with Gasteiger partial charge >= 0.3 is 11.9 Å². The predicted octanol–water partition coefficient (Wildman–Crippen LogP) is 0.516. The molecular formula is C9H16O5. The van der Waals surface area contributed by atoms with Crippen LogP contribution in [0.4, 0.5) is 0 Å². The van der Waals surface area contributed by atoms with Gasteiger partial charge < -0.3 is 14.2 Å². The average molecular weight is 204 g/mol. The Bertz CT molecular complexity index is 216. The number of methoxy groups -OCH3 is 2. The lowest BCUT2D eigenvalue weighted by Gasteiger charge is -2.21. The molecule has 0 radical (unpaired) electrons. The maximum absolute atomic E-state index is 11.3. The maximum Gasteiger partial charge on any atom is 0.347 e. The van der Waals surface area contributed by atoms with Crippen LogP contribution in [0, 0.1) is 0 Å². The van der Waals surface area contributed by atoms with Crippen molar-refractivity contribution in [3.05, 3.63) is 0 Å². The van der Waals surface area contributed by atoms with Crippen LogP contribution >= 0.6 is 0 Å². The predicted molar refractivity (Wildman–Crippen MR) is 48.7 cm³/mol. The summed E-state index contributed by atoms with van der Waals surface area (Å²) in [5.74, 6) is -1.51. The summed E-state index contributed by atoms with van der Waals surface area (Å²) in [4.78, 5) is 22.4. The summed E-state index contributed by atoms with van der Waals surface area (Å²) in [5, 5.41) is 0. The van der Waals surface area contributed by atoms with E-state index in [0.29, 0.717) is 0 Å². The Hall–Kier alpha value is -1.10. The van der Waals surface area contributed by atoms with E-state index < -0.39 is 23.6 Å². The van der Waals surface area contributed by atoms with Crippen molar-refractivity contribution >= 4 is 11.9 Å². The Labute approximate surface area is 83.3 Å². The number of esters is 2. The highest BCUT2D eigenvalue weighted by Crippen LogP contribution is 2.10. The van der Waals surface area contributed by atoms with Gasteiger partial charge in [-0.15, -0.1) is 0 Å². The van der Waals surface area contributed by atoms with Crippen molar-refractivity contribution in [1.29, 1.82) is 0 Å². The van der Waals surface area contributed by atoms with E-state index in [1.165, 1.54) is 14.2 Å². The molecule has 0 spiro atoms. The molecule has 5 heteroatoms. The zero-order valence-electron chi connectivity index (χ0n) is 9.12. The largest absolute Gasteiger partial charge is 0.467 e. The molecule has 0 heterocycles. The second-order valence-electron chi connectivity index (χ2n) is 3.67. The molecule has 0 rings (SSSR count). The molecule has 0 bridgehead atoms. The van der Waals surface area contributed by atoms with Crippen molar-refractivity contribution in [2.75, 3.05) is 14.2 Å². The van der Waals surface area contributed by atoms with Crippen molar-refractivity contribution in [3.63, 3.8) is 0 Å². The van der Waals surface area contributed by atoms with Gasteiger partial charge in [-0.1, -0.05) is 0 Å². The number of hydrogen-bond acceptors (Lipinski definition) is 5. The van der Waals surface area contributed by atoms with Gasteiger partial charge in [0.2, 0.25) is 0 Å². The molecule has 0 aromatic heterocycles. The molecule has 5 nitrogen and oxygen atoms in total. The Morgan fingerprint density at radius 2 is 1.57 bits per heavy atom. The summed E-state index contributed by atoms with van der Waals surface area (Å²) in [5.41, 5.74) is -0.651. The zero-order valence-corrected chi connectivity index (χ0v) is 9.12. The van der Waals surface area contributed by atoms with E-state index in [4.69, 9.17) is 4.74 Å². The molecule has 0 saturated heterocycles. The molecule has 0 saturated carbocycles. The molecule has 0 N–H and O–H groups in total. The lowest BCUT2D eigenvalue weighted by molar-refractivity contribution is -0.176. The lowest BCUT2D eigenvalue weighted by atomic mass is 10.2. The van der Waals surface area contributed by atoms with E-state index in [9.17, 15) is 9.59 Å². The first-order valence-corrected chi connectivity index (χ1v) is 4.15. The highest BCUT2D eigenvalue weighted by molar-refractivity contribution is 5.98. The summed E-state index contributed by atoms with van der Waals surface area (Å²) >= 11 is 0. The molecule has 0 aliphatic heterocycles. The number of carbonyl (C=O) groups is 2. The number of rotatable bonds is 3. The zero-order chi connectivity index (χ0) is 11.4. The summed E-state index contributed by atoms with van der Waals surface area (Å²) in [7, 11) is 2.42. The lowest BCUT2D eigenvalue weighted by Crippen LogP contribution is -2.38. The maximum atomic E-state index is 11.3. The normalized spacial score (nSPS) is 13.2. The highest BCUT2D eigenvalue weighted by Gasteiger charge is 2.31. The standard InChI is InChI=1S/C9H16O5/c1-9(2,3)14-8(11)6(12-4)7(10)13-5/h6H,1-5H3. The van der Waals surface area contributed by atoms with E-state index in [-0.39, 0.29) is 0 Å². The Morgan fingerprint density at radius 1 is 1.07 bits per heavy atom. The van der Waals surface area contributed by atoms with Crippen molar-refractivity contribution < 1.29 is 23.8 Å². The molecule has 0 aliphatic carbocycles. The molecule has 0 aromatic rings. The topological polar surface area (TPSA) is 61.8 Å². The van der Waals surface area contributed by atoms with Crippen LogP contribution in [0.3, 0.4) is 0 Å². The fourth-order valence-electron chi connectivity index (χ4n) is 0.751. The van der Waals surface area contributed by atoms with E-state index in [1.807, 2.05) is 0 Å². The Morgan fingerprint density at radius 3 is 1.86 bits per heavy atom. The third-order valence-corrected chi connectivity index (χ3v) is 1.27. The van der Waals surface area contributed by atoms with Gasteiger partial charge in [0.25, 0.3) is 6.10 Å². The smallest absolute Gasteiger partial charge is 0.347 e. The van der Waals surface area contributed by atoms with Crippen molar-refractivity contribution in [1.82, 2.24) is 0 Å². The van der Waals surface area contributed by atoms with Gasteiger partial charge in [-0.2, -0.15) is 0 Å². The van der Waals surface area contributed by atoms with Crippen LogP contribution in [-0.4, -0.2) is 37.9 Å². The minimum absolute atomic E-state index is 0.651. The Balaban J connectivity index is 4.40. The Kier molecular flexibility index (Phi) is 4.56. The van der Waals surface area contributed by atoms with Crippen LogP contribution in [0.5, 0.6) is 0 Å². The first-order valence-electron chi connectivity index (χ1n) is 4.15. The van der Waals surface area contributed by atoms with Gasteiger partial charge in [0.05, 0.1) is 7.11 Å². The molecule has 0 aromatic carbocycles. The van der Waals surface area contributed by atoms with E-state index in [1.54, 1.807) is 20.8 Å². The minimum atomic E-state index is -1.31. The molecule has 82 valence electrons. The van der Waals surface area contributed by atoms with Gasteiger partial charge in [-0.3, -0.25) is 0 Å².